The van der Waals surface area contributed by atoms with E-state index in [4.69, 9.17) is 5.73 Å². The Balaban J connectivity index is 2.27. The predicted molar refractivity (Wildman–Crippen MR) is 50.0 cm³/mol. The molecule has 0 spiro atoms. The van der Waals surface area contributed by atoms with Gasteiger partial charge in [-0.1, -0.05) is 0 Å². The summed E-state index contributed by atoms with van der Waals surface area (Å²) in [6.45, 7) is 0. The van der Waals surface area contributed by atoms with Gasteiger partial charge in [0.15, 0.2) is 0 Å². The quantitative estimate of drug-likeness (QED) is 0.631. The topological polar surface area (TPSA) is 59.1 Å². The third kappa shape index (κ3) is 1.57. The van der Waals surface area contributed by atoms with Crippen LogP contribution in [0.4, 0.5) is 0 Å². The van der Waals surface area contributed by atoms with E-state index in [1.54, 1.807) is 12.4 Å². The van der Waals surface area contributed by atoms with Crippen molar-refractivity contribution < 1.29 is 5.11 Å². The van der Waals surface area contributed by atoms with Gasteiger partial charge in [-0.3, -0.25) is 4.98 Å². The lowest BCUT2D eigenvalue weighted by Crippen LogP contribution is -2.41. The molecule has 3 nitrogen and oxygen atoms in total. The van der Waals surface area contributed by atoms with Gasteiger partial charge >= 0.3 is 0 Å². The minimum atomic E-state index is -1.01. The highest BCUT2D eigenvalue weighted by Crippen LogP contribution is 2.38. The van der Waals surface area contributed by atoms with Crippen LogP contribution in [0.25, 0.3) is 0 Å². The van der Waals surface area contributed by atoms with E-state index in [2.05, 4.69) is 4.98 Å². The molecule has 0 bridgehead atoms. The van der Waals surface area contributed by atoms with Crippen LogP contribution < -0.4 is 5.73 Å². The van der Waals surface area contributed by atoms with E-state index >= 15 is 0 Å². The summed E-state index contributed by atoms with van der Waals surface area (Å²) < 4.78 is 0. The zero-order chi connectivity index (χ0) is 9.31. The molecule has 2 rings (SSSR count). The van der Waals surface area contributed by atoms with Crippen LogP contribution in [0, 0.1) is 0 Å². The smallest absolute Gasteiger partial charge is 0.120 e. The van der Waals surface area contributed by atoms with E-state index in [-0.39, 0.29) is 5.92 Å². The van der Waals surface area contributed by atoms with Crippen molar-refractivity contribution in [1.29, 1.82) is 0 Å². The molecule has 70 valence electrons. The number of nitrogens with zero attached hydrogens (tertiary/aromatic N) is 1. The Kier molecular flexibility index (Phi) is 2.06. The van der Waals surface area contributed by atoms with Crippen molar-refractivity contribution in [1.82, 2.24) is 4.98 Å². The molecule has 3 N–H and O–H groups in total. The second kappa shape index (κ2) is 3.09. The fraction of sp³-hybridized carbons (Fsp3) is 0.500. The number of aliphatic hydroxyl groups is 1. The summed E-state index contributed by atoms with van der Waals surface area (Å²) in [7, 11) is 0. The van der Waals surface area contributed by atoms with Gasteiger partial charge in [-0.2, -0.15) is 0 Å². The Morgan fingerprint density at radius 2 is 2.15 bits per heavy atom. The van der Waals surface area contributed by atoms with E-state index in [0.717, 1.165) is 18.4 Å². The van der Waals surface area contributed by atoms with E-state index in [1.807, 2.05) is 12.1 Å². The summed E-state index contributed by atoms with van der Waals surface area (Å²) in [6, 6.07) is 3.85. The summed E-state index contributed by atoms with van der Waals surface area (Å²) in [5, 5.41) is 9.87. The van der Waals surface area contributed by atoms with Gasteiger partial charge < -0.3 is 10.8 Å². The van der Waals surface area contributed by atoms with Gasteiger partial charge in [-0.15, -0.1) is 0 Å². The zero-order valence-corrected chi connectivity index (χ0v) is 7.48. The summed E-state index contributed by atoms with van der Waals surface area (Å²) in [5.74, 6) is 0.0792. The number of hydrogen-bond acceptors (Lipinski definition) is 3. The number of rotatable bonds is 1. The second-order valence-electron chi connectivity index (χ2n) is 3.72. The Morgan fingerprint density at radius 1 is 1.46 bits per heavy atom. The minimum Gasteiger partial charge on any atom is -0.375 e. The van der Waals surface area contributed by atoms with Crippen molar-refractivity contribution in [2.75, 3.05) is 0 Å². The monoisotopic (exact) mass is 178 g/mol. The van der Waals surface area contributed by atoms with Gasteiger partial charge in [0.25, 0.3) is 0 Å². The van der Waals surface area contributed by atoms with Crippen molar-refractivity contribution in [2.24, 2.45) is 5.73 Å². The molecule has 2 unspecified atom stereocenters. The SMILES string of the molecule is NC1(O)CCCC1c1ccncc1. The molecule has 1 fully saturated rings. The summed E-state index contributed by atoms with van der Waals surface area (Å²) in [4.78, 5) is 3.94. The average Bonchev–Trinajstić information content (AvgIpc) is 2.47. The van der Waals surface area contributed by atoms with Crippen molar-refractivity contribution >= 4 is 0 Å². The standard InChI is InChI=1S/C10H14N2O/c11-10(13)5-1-2-9(10)8-3-6-12-7-4-8/h3-4,6-7,9,13H,1-2,5,11H2. The number of aromatic nitrogens is 1. The lowest BCUT2D eigenvalue weighted by molar-refractivity contribution is 0.0366. The average molecular weight is 178 g/mol. The van der Waals surface area contributed by atoms with Crippen molar-refractivity contribution in [3.8, 4) is 0 Å². The third-order valence-electron chi connectivity index (χ3n) is 2.78. The first-order chi connectivity index (χ1) is 6.20. The van der Waals surface area contributed by atoms with E-state index in [1.165, 1.54) is 0 Å². The normalized spacial score (nSPS) is 33.5. The lowest BCUT2D eigenvalue weighted by Gasteiger charge is -2.25. The zero-order valence-electron chi connectivity index (χ0n) is 7.48. The van der Waals surface area contributed by atoms with Crippen LogP contribution in [0.2, 0.25) is 0 Å². The third-order valence-corrected chi connectivity index (χ3v) is 2.78. The molecule has 0 amide bonds. The Hall–Kier alpha value is -0.930. The fourth-order valence-corrected chi connectivity index (χ4v) is 2.06. The number of pyridine rings is 1. The summed E-state index contributed by atoms with van der Waals surface area (Å²) in [6.07, 6.45) is 6.14. The molecule has 1 aliphatic carbocycles. The highest BCUT2D eigenvalue weighted by molar-refractivity contribution is 5.21. The molecule has 0 aromatic carbocycles. The summed E-state index contributed by atoms with van der Waals surface area (Å²) in [5.41, 5.74) is 5.87. The summed E-state index contributed by atoms with van der Waals surface area (Å²) >= 11 is 0. The first-order valence-corrected chi connectivity index (χ1v) is 4.61. The van der Waals surface area contributed by atoms with Gasteiger partial charge in [0.2, 0.25) is 0 Å². The molecule has 0 saturated heterocycles. The van der Waals surface area contributed by atoms with Crippen molar-refractivity contribution in [2.45, 2.75) is 30.9 Å². The maximum Gasteiger partial charge on any atom is 0.120 e. The Bertz CT molecular complexity index is 284. The van der Waals surface area contributed by atoms with Crippen LogP contribution in [-0.4, -0.2) is 15.8 Å². The van der Waals surface area contributed by atoms with Crippen molar-refractivity contribution in [3.05, 3.63) is 30.1 Å². The van der Waals surface area contributed by atoms with Crippen LogP contribution in [-0.2, 0) is 0 Å². The van der Waals surface area contributed by atoms with E-state index < -0.39 is 5.72 Å². The van der Waals surface area contributed by atoms with Gasteiger partial charge in [-0.05, 0) is 37.0 Å². The lowest BCUT2D eigenvalue weighted by atomic mass is 9.93. The first kappa shape index (κ1) is 8.66. The molecule has 1 aromatic rings. The largest absolute Gasteiger partial charge is 0.375 e. The molecule has 1 aliphatic rings. The molecule has 1 saturated carbocycles. The Labute approximate surface area is 77.6 Å². The minimum absolute atomic E-state index is 0.0792. The molecular formula is C10H14N2O. The number of nitrogens with two attached hydrogens (primary N) is 1. The Morgan fingerprint density at radius 3 is 2.69 bits per heavy atom. The van der Waals surface area contributed by atoms with E-state index in [0.29, 0.717) is 6.42 Å². The molecule has 1 heterocycles. The van der Waals surface area contributed by atoms with Gasteiger partial charge in [0.1, 0.15) is 5.72 Å². The molecule has 2 atom stereocenters. The van der Waals surface area contributed by atoms with Crippen LogP contribution in [0.15, 0.2) is 24.5 Å². The van der Waals surface area contributed by atoms with E-state index in [9.17, 15) is 5.11 Å². The first-order valence-electron chi connectivity index (χ1n) is 4.61. The molecular weight excluding hydrogens is 164 g/mol. The van der Waals surface area contributed by atoms with Crippen LogP contribution >= 0.6 is 0 Å². The maximum absolute atomic E-state index is 9.87. The van der Waals surface area contributed by atoms with Crippen molar-refractivity contribution in [3.63, 3.8) is 0 Å². The van der Waals surface area contributed by atoms with Gasteiger partial charge in [0.05, 0.1) is 0 Å². The molecule has 0 radical (unpaired) electrons. The maximum atomic E-state index is 9.87. The fourth-order valence-electron chi connectivity index (χ4n) is 2.06. The highest BCUT2D eigenvalue weighted by atomic mass is 16.3. The van der Waals surface area contributed by atoms with Crippen LogP contribution in [0.5, 0.6) is 0 Å². The predicted octanol–water partition coefficient (Wildman–Crippen LogP) is 0.996. The molecule has 0 aliphatic heterocycles. The number of hydrogen-bond donors (Lipinski definition) is 2. The highest BCUT2D eigenvalue weighted by Gasteiger charge is 2.38. The molecule has 3 heteroatoms. The molecule has 13 heavy (non-hydrogen) atoms. The van der Waals surface area contributed by atoms with Gasteiger partial charge in [0, 0.05) is 18.3 Å². The molecule has 1 aromatic heterocycles. The van der Waals surface area contributed by atoms with Crippen LogP contribution in [0.3, 0.4) is 0 Å². The van der Waals surface area contributed by atoms with Gasteiger partial charge in [-0.25, -0.2) is 0 Å². The van der Waals surface area contributed by atoms with Crippen LogP contribution in [0.1, 0.15) is 30.7 Å². The second-order valence-corrected chi connectivity index (χ2v) is 3.72.